The van der Waals surface area contributed by atoms with E-state index in [0.29, 0.717) is 11.3 Å². The lowest BCUT2D eigenvalue weighted by Gasteiger charge is -2.10. The van der Waals surface area contributed by atoms with Crippen molar-refractivity contribution in [2.24, 2.45) is 0 Å². The lowest BCUT2D eigenvalue weighted by atomic mass is 10.2. The van der Waals surface area contributed by atoms with Crippen LogP contribution >= 0.6 is 0 Å². The van der Waals surface area contributed by atoms with Gasteiger partial charge in [-0.15, -0.1) is 0 Å². The summed E-state index contributed by atoms with van der Waals surface area (Å²) >= 11 is 0. The number of pyridine rings is 1. The van der Waals surface area contributed by atoms with E-state index in [-0.39, 0.29) is 12.2 Å². The zero-order valence-electron chi connectivity index (χ0n) is 14.1. The molecule has 0 spiro atoms. The minimum absolute atomic E-state index is 0.0680. The second kappa shape index (κ2) is 7.65. The minimum Gasteiger partial charge on any atom is -0.406 e. The molecule has 0 saturated heterocycles. The number of benzene rings is 2. The number of halogens is 1. The van der Waals surface area contributed by atoms with Gasteiger partial charge < -0.3 is 10.2 Å². The zero-order chi connectivity index (χ0) is 18.5. The Labute approximate surface area is 149 Å². The van der Waals surface area contributed by atoms with Crippen LogP contribution in [0.3, 0.4) is 0 Å². The first-order valence-corrected chi connectivity index (χ1v) is 8.01. The molecule has 1 amide bonds. The highest BCUT2D eigenvalue weighted by atomic mass is 19.1. The maximum absolute atomic E-state index is 13.6. The smallest absolute Gasteiger partial charge is 0.295 e. The predicted molar refractivity (Wildman–Crippen MR) is 96.5 cm³/mol. The van der Waals surface area contributed by atoms with Crippen molar-refractivity contribution < 1.29 is 14.0 Å². The first kappa shape index (κ1) is 17.4. The van der Waals surface area contributed by atoms with Crippen molar-refractivity contribution in [2.45, 2.75) is 13.5 Å². The number of nitrogens with one attached hydrogen (secondary N) is 1. The fourth-order valence-corrected chi connectivity index (χ4v) is 2.34. The molecule has 0 unspecified atom stereocenters. The molecule has 0 aliphatic rings. The molecule has 5 nitrogen and oxygen atoms in total. The van der Waals surface area contributed by atoms with Crippen LogP contribution < -0.4 is 15.7 Å². The fourth-order valence-electron chi connectivity index (χ4n) is 2.34. The SMILES string of the molecule is Cc1ccc(NC(=O)c2cccn(OCc3ccccc3F)c2=O)cc1. The number of hydrogen-bond donors (Lipinski definition) is 1. The Hall–Kier alpha value is -3.41. The fraction of sp³-hybridized carbons (Fsp3) is 0.100. The highest BCUT2D eigenvalue weighted by molar-refractivity contribution is 6.03. The average Bonchev–Trinajstić information content (AvgIpc) is 2.64. The van der Waals surface area contributed by atoms with Gasteiger partial charge >= 0.3 is 0 Å². The first-order valence-electron chi connectivity index (χ1n) is 8.01. The van der Waals surface area contributed by atoms with Gasteiger partial charge in [0.15, 0.2) is 0 Å². The molecule has 26 heavy (non-hydrogen) atoms. The molecule has 0 radical (unpaired) electrons. The van der Waals surface area contributed by atoms with Crippen LogP contribution in [-0.2, 0) is 6.61 Å². The third-order valence-corrected chi connectivity index (χ3v) is 3.79. The standard InChI is InChI=1S/C20H17FN2O3/c1-14-8-10-16(11-9-14)22-19(24)17-6-4-12-23(20(17)25)26-13-15-5-2-3-7-18(15)21/h2-12H,13H2,1H3,(H,22,24). The van der Waals surface area contributed by atoms with Crippen molar-refractivity contribution in [1.82, 2.24) is 4.73 Å². The molecule has 1 N–H and O–H groups in total. The Morgan fingerprint density at radius 2 is 1.81 bits per heavy atom. The molecule has 1 heterocycles. The Bertz CT molecular complexity index is 981. The molecule has 0 bridgehead atoms. The summed E-state index contributed by atoms with van der Waals surface area (Å²) in [7, 11) is 0. The van der Waals surface area contributed by atoms with Crippen LogP contribution in [0.15, 0.2) is 71.7 Å². The lowest BCUT2D eigenvalue weighted by molar-refractivity contribution is 0.0847. The molecule has 0 fully saturated rings. The van der Waals surface area contributed by atoms with Gasteiger partial charge in [-0.05, 0) is 37.3 Å². The van der Waals surface area contributed by atoms with Gasteiger partial charge in [-0.3, -0.25) is 9.59 Å². The van der Waals surface area contributed by atoms with E-state index < -0.39 is 17.3 Å². The number of amides is 1. The summed E-state index contributed by atoms with van der Waals surface area (Å²) in [5, 5.41) is 2.67. The predicted octanol–water partition coefficient (Wildman–Crippen LogP) is 3.18. The van der Waals surface area contributed by atoms with E-state index in [1.165, 1.54) is 24.4 Å². The van der Waals surface area contributed by atoms with Crippen LogP contribution in [0.25, 0.3) is 0 Å². The molecule has 0 aliphatic carbocycles. The molecule has 0 saturated carbocycles. The average molecular weight is 352 g/mol. The van der Waals surface area contributed by atoms with E-state index in [0.717, 1.165) is 10.3 Å². The Balaban J connectivity index is 1.76. The summed E-state index contributed by atoms with van der Waals surface area (Å²) < 4.78 is 14.6. The Morgan fingerprint density at radius 3 is 2.54 bits per heavy atom. The molecule has 3 rings (SSSR count). The summed E-state index contributed by atoms with van der Waals surface area (Å²) in [6, 6.07) is 16.3. The number of hydrogen-bond acceptors (Lipinski definition) is 3. The highest BCUT2D eigenvalue weighted by Gasteiger charge is 2.13. The summed E-state index contributed by atoms with van der Waals surface area (Å²) in [4.78, 5) is 30.1. The van der Waals surface area contributed by atoms with Crippen molar-refractivity contribution in [3.8, 4) is 0 Å². The van der Waals surface area contributed by atoms with Crippen LogP contribution in [0, 0.1) is 12.7 Å². The largest absolute Gasteiger partial charge is 0.406 e. The number of anilines is 1. The van der Waals surface area contributed by atoms with E-state index >= 15 is 0 Å². The molecule has 1 aromatic heterocycles. The van der Waals surface area contributed by atoms with Gasteiger partial charge in [-0.1, -0.05) is 35.9 Å². The Kier molecular flexibility index (Phi) is 5.12. The second-order valence-electron chi connectivity index (χ2n) is 5.74. The van der Waals surface area contributed by atoms with Crippen LogP contribution in [0.1, 0.15) is 21.5 Å². The topological polar surface area (TPSA) is 60.3 Å². The molecule has 6 heteroatoms. The quantitative estimate of drug-likeness (QED) is 0.767. The number of aromatic nitrogens is 1. The molecular weight excluding hydrogens is 335 g/mol. The number of aryl methyl sites for hydroxylation is 1. The number of nitrogens with zero attached hydrogens (tertiary/aromatic N) is 1. The molecule has 3 aromatic rings. The second-order valence-corrected chi connectivity index (χ2v) is 5.74. The number of carbonyl (C=O) groups is 1. The Morgan fingerprint density at radius 1 is 1.08 bits per heavy atom. The number of carbonyl (C=O) groups excluding carboxylic acids is 1. The van der Waals surface area contributed by atoms with Gasteiger partial charge in [0, 0.05) is 17.4 Å². The van der Waals surface area contributed by atoms with Crippen molar-refractivity contribution in [2.75, 3.05) is 5.32 Å². The normalized spacial score (nSPS) is 10.4. The van der Waals surface area contributed by atoms with Gasteiger partial charge in [0.1, 0.15) is 18.0 Å². The van der Waals surface area contributed by atoms with Crippen LogP contribution in [0.2, 0.25) is 0 Å². The first-order chi connectivity index (χ1) is 12.5. The van der Waals surface area contributed by atoms with Gasteiger partial charge in [-0.25, -0.2) is 4.39 Å². The van der Waals surface area contributed by atoms with E-state index in [1.807, 2.05) is 19.1 Å². The van der Waals surface area contributed by atoms with E-state index in [2.05, 4.69) is 5.32 Å². The van der Waals surface area contributed by atoms with Gasteiger partial charge in [-0.2, -0.15) is 4.73 Å². The molecule has 132 valence electrons. The maximum atomic E-state index is 13.6. The lowest BCUT2D eigenvalue weighted by Crippen LogP contribution is -2.32. The molecule has 0 atom stereocenters. The monoisotopic (exact) mass is 352 g/mol. The van der Waals surface area contributed by atoms with Crippen molar-refractivity contribution in [3.05, 3.63) is 99.7 Å². The van der Waals surface area contributed by atoms with E-state index in [4.69, 9.17) is 4.84 Å². The summed E-state index contributed by atoms with van der Waals surface area (Å²) in [5.41, 5.74) is 1.28. The minimum atomic E-state index is -0.617. The third kappa shape index (κ3) is 3.97. The van der Waals surface area contributed by atoms with Crippen molar-refractivity contribution in [3.63, 3.8) is 0 Å². The third-order valence-electron chi connectivity index (χ3n) is 3.79. The highest BCUT2D eigenvalue weighted by Crippen LogP contribution is 2.10. The summed E-state index contributed by atoms with van der Waals surface area (Å²) in [6.45, 7) is 1.81. The van der Waals surface area contributed by atoms with Gasteiger partial charge in [0.05, 0.1) is 0 Å². The van der Waals surface area contributed by atoms with Crippen molar-refractivity contribution >= 4 is 11.6 Å². The zero-order valence-corrected chi connectivity index (χ0v) is 14.1. The van der Waals surface area contributed by atoms with E-state index in [1.54, 1.807) is 30.3 Å². The number of rotatable bonds is 5. The maximum Gasteiger partial charge on any atom is 0.295 e. The van der Waals surface area contributed by atoms with E-state index in [9.17, 15) is 14.0 Å². The van der Waals surface area contributed by atoms with Gasteiger partial charge in [0.2, 0.25) is 0 Å². The summed E-state index contributed by atoms with van der Waals surface area (Å²) in [6.07, 6.45) is 1.38. The van der Waals surface area contributed by atoms with Crippen molar-refractivity contribution in [1.29, 1.82) is 0 Å². The van der Waals surface area contributed by atoms with Crippen LogP contribution in [-0.4, -0.2) is 10.6 Å². The summed E-state index contributed by atoms with van der Waals surface area (Å²) in [5.74, 6) is -0.962. The van der Waals surface area contributed by atoms with Crippen LogP contribution in [0.5, 0.6) is 0 Å². The van der Waals surface area contributed by atoms with Gasteiger partial charge in [0.25, 0.3) is 11.5 Å². The molecule has 2 aromatic carbocycles. The molecule has 0 aliphatic heterocycles. The molecular formula is C20H17FN2O3. The van der Waals surface area contributed by atoms with Crippen LogP contribution in [0.4, 0.5) is 10.1 Å².